The minimum atomic E-state index is -2.12. The lowest BCUT2D eigenvalue weighted by atomic mass is 10.8. The Hall–Kier alpha value is -0.0351. The Balaban J connectivity index is 3.51. The van der Waals surface area contributed by atoms with Crippen molar-refractivity contribution in [2.75, 3.05) is 0 Å². The van der Waals surface area contributed by atoms with E-state index in [4.69, 9.17) is 9.13 Å². The molecule has 0 radical (unpaired) electrons. The van der Waals surface area contributed by atoms with E-state index in [2.05, 4.69) is 0 Å². The van der Waals surface area contributed by atoms with Crippen molar-refractivity contribution in [3.05, 3.63) is 0 Å². The van der Waals surface area contributed by atoms with Crippen LogP contribution in [0, 0.1) is 0 Å². The summed E-state index contributed by atoms with van der Waals surface area (Å²) in [5, 5.41) is 0. The first-order chi connectivity index (χ1) is 1.73. The smallest absolute Gasteiger partial charge is 0.251 e. The summed E-state index contributed by atoms with van der Waals surface area (Å²) in [6.45, 7) is 0. The van der Waals surface area contributed by atoms with Gasteiger partial charge >= 0.3 is 0 Å². The molecule has 0 N–H and O–H groups in total. The maximum atomic E-state index is 9.04. The molecule has 0 rings (SSSR count). The summed E-state index contributed by atoms with van der Waals surface area (Å²) in [5.74, 6) is 0. The van der Waals surface area contributed by atoms with Gasteiger partial charge in [-0.25, -0.2) is 0 Å². The summed E-state index contributed by atoms with van der Waals surface area (Å²) in [6.07, 6.45) is 0. The number of rotatable bonds is 0. The van der Waals surface area contributed by atoms with E-state index in [1.165, 1.54) is 0 Å². The molecule has 0 unspecified atom stereocenters. The summed E-state index contributed by atoms with van der Waals surface area (Å²) in [6, 6.07) is 0. The van der Waals surface area contributed by atoms with Gasteiger partial charge in [0.1, 0.15) is 0 Å². The second kappa shape index (κ2) is 1.30. The van der Waals surface area contributed by atoms with Gasteiger partial charge in [0.2, 0.25) is 7.56 Å². The average Bonchev–Trinajstić information content (AvgIpc) is 0.811. The topological polar surface area (TPSA) is 34.1 Å². The van der Waals surface area contributed by atoms with Crippen LogP contribution in [0.5, 0.6) is 0 Å². The molecule has 0 bridgehead atoms. The van der Waals surface area contributed by atoms with E-state index in [0.29, 0.717) is 0 Å². The second-order valence-electron chi connectivity index (χ2n) is 0.440. The Morgan fingerprint density at radius 2 is 1.50 bits per heavy atom. The molecule has 0 aliphatic rings. The highest BCUT2D eigenvalue weighted by atomic mass is 31.1. The molecule has 0 aromatic carbocycles. The predicted octanol–water partition coefficient (Wildman–Crippen LogP) is -0.293. The Labute approximate surface area is 25.4 Å². The fourth-order valence-electron chi connectivity index (χ4n) is 0. The monoisotopic (exact) mass is 76.0 g/mol. The fraction of sp³-hybridized carbons (Fsp3) is 0. The minimum absolute atomic E-state index is 1.12. The van der Waals surface area contributed by atoms with E-state index >= 15 is 0 Å². The third-order valence-corrected chi connectivity index (χ3v) is 0. The van der Waals surface area contributed by atoms with Crippen molar-refractivity contribution in [3.63, 3.8) is 0 Å². The van der Waals surface area contributed by atoms with Crippen LogP contribution in [-0.2, 0) is 9.13 Å². The molecule has 22 valence electrons. The van der Waals surface area contributed by atoms with Crippen LogP contribution < -0.4 is 0 Å². The first-order valence-electron chi connectivity index (χ1n) is 0.812. The molecule has 0 aromatic rings. The molecule has 0 aliphatic heterocycles. The van der Waals surface area contributed by atoms with Crippen molar-refractivity contribution in [2.45, 2.75) is 0 Å². The van der Waals surface area contributed by atoms with E-state index in [-0.39, 0.29) is 0 Å². The lowest BCUT2D eigenvalue weighted by Gasteiger charge is -1.32. The van der Waals surface area contributed by atoms with Crippen LogP contribution in [0.25, 0.3) is 0 Å². The molecule has 4 heteroatoms. The normalized spacial score (nSPS) is 6.00. The highest BCUT2D eigenvalue weighted by Crippen LogP contribution is 1.83. The summed E-state index contributed by atoms with van der Waals surface area (Å²) in [4.78, 5) is 0. The standard InChI is InChI=1S/BH2O2P/c1-4(2)3/h1H2. The SMILES string of the molecule is BP(=O)=O. The van der Waals surface area contributed by atoms with Gasteiger partial charge in [-0.1, -0.05) is 0 Å². The van der Waals surface area contributed by atoms with Crippen molar-refractivity contribution in [2.24, 2.45) is 0 Å². The van der Waals surface area contributed by atoms with E-state index in [1.54, 1.807) is 0 Å². The van der Waals surface area contributed by atoms with Crippen molar-refractivity contribution in [1.82, 2.24) is 0 Å². The quantitative estimate of drug-likeness (QED) is 0.293. The molecule has 0 spiro atoms. The Morgan fingerprint density at radius 3 is 1.50 bits per heavy atom. The lowest BCUT2D eigenvalue weighted by Crippen LogP contribution is -1.22. The Morgan fingerprint density at radius 1 is 1.50 bits per heavy atom. The molecule has 0 fully saturated rings. The number of hydrogen-bond acceptors (Lipinski definition) is 2. The van der Waals surface area contributed by atoms with Gasteiger partial charge < -0.3 is 0 Å². The summed E-state index contributed by atoms with van der Waals surface area (Å²) >= 11 is 0. The maximum absolute atomic E-state index is 9.04. The van der Waals surface area contributed by atoms with Crippen molar-refractivity contribution in [3.8, 4) is 0 Å². The number of hydrogen-bond donors (Lipinski definition) is 0. The van der Waals surface area contributed by atoms with E-state index in [1.807, 2.05) is 0 Å². The largest absolute Gasteiger partial charge is 0.266 e. The first-order valence-corrected chi connectivity index (χ1v) is 2.44. The molecule has 0 heterocycles. The van der Waals surface area contributed by atoms with Crippen LogP contribution in [0.15, 0.2) is 0 Å². The van der Waals surface area contributed by atoms with Crippen molar-refractivity contribution < 1.29 is 9.13 Å². The van der Waals surface area contributed by atoms with Gasteiger partial charge in [0.25, 0.3) is 7.57 Å². The van der Waals surface area contributed by atoms with Crippen LogP contribution in [0.2, 0.25) is 0 Å². The maximum Gasteiger partial charge on any atom is 0.266 e. The van der Waals surface area contributed by atoms with Gasteiger partial charge in [0, 0.05) is 0 Å². The molecule has 0 aliphatic carbocycles. The second-order valence-corrected chi connectivity index (χ2v) is 1.32. The van der Waals surface area contributed by atoms with Crippen molar-refractivity contribution in [1.29, 1.82) is 0 Å². The molecule has 4 heavy (non-hydrogen) atoms. The Bertz CT molecular complexity index is 54.4. The van der Waals surface area contributed by atoms with Gasteiger partial charge in [-0.2, -0.15) is 0 Å². The predicted molar refractivity (Wildman–Crippen MR) is 16.8 cm³/mol. The average molecular weight is 75.8 g/mol. The fourth-order valence-corrected chi connectivity index (χ4v) is 0. The molecular formula is H2BO2P. The summed E-state index contributed by atoms with van der Waals surface area (Å²) in [5.41, 5.74) is 0. The summed E-state index contributed by atoms with van der Waals surface area (Å²) in [7, 11) is -1.00. The van der Waals surface area contributed by atoms with E-state index in [9.17, 15) is 0 Å². The molecule has 0 atom stereocenters. The zero-order chi connectivity index (χ0) is 3.58. The van der Waals surface area contributed by atoms with Crippen molar-refractivity contribution >= 4 is 15.1 Å². The van der Waals surface area contributed by atoms with Gasteiger partial charge in [-0.15, -0.1) is 0 Å². The molecule has 2 nitrogen and oxygen atoms in total. The third-order valence-electron chi connectivity index (χ3n) is 0. The zero-order valence-corrected chi connectivity index (χ0v) is 3.16. The van der Waals surface area contributed by atoms with Gasteiger partial charge in [-0.3, -0.25) is 9.13 Å². The van der Waals surface area contributed by atoms with Crippen LogP contribution >= 0.6 is 7.56 Å². The molecule has 0 amide bonds. The van der Waals surface area contributed by atoms with Gasteiger partial charge in [-0.05, 0) is 0 Å². The van der Waals surface area contributed by atoms with Crippen LogP contribution in [0.4, 0.5) is 0 Å². The summed E-state index contributed by atoms with van der Waals surface area (Å²) < 4.78 is 18.1. The zero-order valence-electron chi connectivity index (χ0n) is 2.26. The van der Waals surface area contributed by atoms with Crippen LogP contribution in [0.3, 0.4) is 0 Å². The van der Waals surface area contributed by atoms with Gasteiger partial charge in [0.15, 0.2) is 0 Å². The van der Waals surface area contributed by atoms with E-state index < -0.39 is 7.56 Å². The van der Waals surface area contributed by atoms with Crippen LogP contribution in [-0.4, -0.2) is 7.57 Å². The molecule has 0 saturated heterocycles. The lowest BCUT2D eigenvalue weighted by molar-refractivity contribution is 0.526. The molecule has 0 aromatic heterocycles. The minimum Gasteiger partial charge on any atom is -0.251 e. The molecular weight excluding hydrogens is 73.8 g/mol. The molecule has 0 saturated carbocycles. The van der Waals surface area contributed by atoms with E-state index in [0.717, 1.165) is 7.57 Å². The highest BCUT2D eigenvalue weighted by molar-refractivity contribution is 7.61. The highest BCUT2D eigenvalue weighted by Gasteiger charge is 1.57. The Kier molecular flexibility index (Phi) is 1.29. The first kappa shape index (κ1) is 3.96. The third kappa shape index (κ3) is 1490. The van der Waals surface area contributed by atoms with Crippen LogP contribution in [0.1, 0.15) is 0 Å². The van der Waals surface area contributed by atoms with Gasteiger partial charge in [0.05, 0.1) is 0 Å².